The quantitative estimate of drug-likeness (QED) is 0.121. The van der Waals surface area contributed by atoms with E-state index < -0.39 is 36.1 Å². The highest BCUT2D eigenvalue weighted by Gasteiger charge is 2.40. The number of nitrogens with one attached hydrogen (secondary N) is 3. The normalized spacial score (nSPS) is 12.4. The van der Waals surface area contributed by atoms with Crippen LogP contribution >= 0.6 is 0 Å². The summed E-state index contributed by atoms with van der Waals surface area (Å²) in [6, 6.07) is 0. The van der Waals surface area contributed by atoms with E-state index in [1.165, 1.54) is 45.4 Å². The van der Waals surface area contributed by atoms with Crippen LogP contribution in [-0.2, 0) is 24.0 Å². The van der Waals surface area contributed by atoms with Crippen LogP contribution in [0.25, 0.3) is 0 Å². The van der Waals surface area contributed by atoms with Crippen LogP contribution in [0.5, 0.6) is 0 Å². The van der Waals surface area contributed by atoms with Gasteiger partial charge in [0.25, 0.3) is 0 Å². The number of hydrogen-bond donors (Lipinski definition) is 5. The van der Waals surface area contributed by atoms with Gasteiger partial charge in [-0.25, -0.2) is 4.79 Å². The standard InChI is InChI=1S/C27H49N3O7/c1-3-4-5-6-7-8-9-10-11-16-24(33)29-18-14-19-30-25(34)21-27(37,26(35)36)20-23(32)15-12-13-17-28-22(2)31/h37H,3-21H2,1-2H3,(H,28,31)(H,29,33)(H,30,34)(H,35,36). The minimum Gasteiger partial charge on any atom is -0.479 e. The Labute approximate surface area is 221 Å². The van der Waals surface area contributed by atoms with Gasteiger partial charge in [0, 0.05) is 45.8 Å². The molecule has 0 aliphatic carbocycles. The van der Waals surface area contributed by atoms with Crippen molar-refractivity contribution in [2.75, 3.05) is 19.6 Å². The number of carboxylic acids is 1. The molecule has 37 heavy (non-hydrogen) atoms. The topological polar surface area (TPSA) is 162 Å². The van der Waals surface area contributed by atoms with Gasteiger partial charge in [-0.15, -0.1) is 0 Å². The van der Waals surface area contributed by atoms with Crippen LogP contribution in [0, 0.1) is 0 Å². The predicted molar refractivity (Wildman–Crippen MR) is 142 cm³/mol. The molecule has 0 saturated carbocycles. The second kappa shape index (κ2) is 21.6. The number of ketones is 1. The average molecular weight is 528 g/mol. The molecule has 0 saturated heterocycles. The summed E-state index contributed by atoms with van der Waals surface area (Å²) < 4.78 is 0. The van der Waals surface area contributed by atoms with Crippen LogP contribution in [0.2, 0.25) is 0 Å². The molecule has 1 atom stereocenters. The van der Waals surface area contributed by atoms with Crippen molar-refractivity contribution in [2.24, 2.45) is 0 Å². The zero-order chi connectivity index (χ0) is 27.9. The fourth-order valence-corrected chi connectivity index (χ4v) is 3.90. The number of rotatable bonds is 24. The maximum absolute atomic E-state index is 12.1. The summed E-state index contributed by atoms with van der Waals surface area (Å²) in [6.07, 6.45) is 11.3. The molecule has 0 aromatic heterocycles. The summed E-state index contributed by atoms with van der Waals surface area (Å²) in [5.41, 5.74) is -2.47. The summed E-state index contributed by atoms with van der Waals surface area (Å²) >= 11 is 0. The summed E-state index contributed by atoms with van der Waals surface area (Å²) in [4.78, 5) is 58.5. The first-order valence-corrected chi connectivity index (χ1v) is 13.9. The molecule has 10 nitrogen and oxygen atoms in total. The Balaban J connectivity index is 3.98. The van der Waals surface area contributed by atoms with Crippen molar-refractivity contribution in [3.63, 3.8) is 0 Å². The Kier molecular flexibility index (Phi) is 20.1. The molecule has 0 aromatic rings. The first-order valence-electron chi connectivity index (χ1n) is 13.9. The Morgan fingerprint density at radius 2 is 1.14 bits per heavy atom. The number of aliphatic carboxylic acids is 1. The lowest BCUT2D eigenvalue weighted by Crippen LogP contribution is -2.45. The van der Waals surface area contributed by atoms with Crippen LogP contribution < -0.4 is 16.0 Å². The van der Waals surface area contributed by atoms with Crippen molar-refractivity contribution < 1.29 is 34.2 Å². The maximum atomic E-state index is 12.1. The fourth-order valence-electron chi connectivity index (χ4n) is 3.90. The molecule has 0 aliphatic rings. The summed E-state index contributed by atoms with van der Waals surface area (Å²) in [5, 5.41) is 27.7. The van der Waals surface area contributed by atoms with Crippen molar-refractivity contribution in [1.82, 2.24) is 16.0 Å². The van der Waals surface area contributed by atoms with E-state index in [0.717, 1.165) is 19.3 Å². The number of Topliss-reactive ketones (excluding diaryl/α,β-unsaturated/α-hetero) is 1. The van der Waals surface area contributed by atoms with Crippen molar-refractivity contribution >= 4 is 29.5 Å². The van der Waals surface area contributed by atoms with E-state index in [2.05, 4.69) is 22.9 Å². The zero-order valence-corrected chi connectivity index (χ0v) is 22.9. The van der Waals surface area contributed by atoms with Crippen LogP contribution in [0.3, 0.4) is 0 Å². The maximum Gasteiger partial charge on any atom is 0.336 e. The Bertz CT molecular complexity index is 699. The van der Waals surface area contributed by atoms with Crippen LogP contribution in [0.4, 0.5) is 0 Å². The minimum atomic E-state index is -2.47. The molecule has 0 bridgehead atoms. The van der Waals surface area contributed by atoms with Gasteiger partial charge in [0.05, 0.1) is 6.42 Å². The molecule has 0 heterocycles. The number of unbranched alkanes of at least 4 members (excludes halogenated alkanes) is 9. The summed E-state index contributed by atoms with van der Waals surface area (Å²) in [6.45, 7) is 4.60. The van der Waals surface area contributed by atoms with Gasteiger partial charge in [0.15, 0.2) is 5.60 Å². The lowest BCUT2D eigenvalue weighted by Gasteiger charge is -2.22. The number of carboxylic acid groups (broad SMARTS) is 1. The van der Waals surface area contributed by atoms with Crippen LogP contribution in [0.15, 0.2) is 0 Å². The third-order valence-corrected chi connectivity index (χ3v) is 6.10. The van der Waals surface area contributed by atoms with E-state index in [4.69, 9.17) is 0 Å². The van der Waals surface area contributed by atoms with Crippen molar-refractivity contribution in [3.8, 4) is 0 Å². The van der Waals surface area contributed by atoms with Gasteiger partial charge in [-0.2, -0.15) is 0 Å². The first-order chi connectivity index (χ1) is 17.6. The van der Waals surface area contributed by atoms with Crippen LogP contribution in [-0.4, -0.2) is 64.9 Å². The van der Waals surface area contributed by atoms with Gasteiger partial charge >= 0.3 is 5.97 Å². The molecule has 0 aromatic carbocycles. The van der Waals surface area contributed by atoms with Gasteiger partial charge in [0.1, 0.15) is 5.78 Å². The van der Waals surface area contributed by atoms with Gasteiger partial charge < -0.3 is 26.2 Å². The molecule has 3 amide bonds. The lowest BCUT2D eigenvalue weighted by atomic mass is 9.91. The summed E-state index contributed by atoms with van der Waals surface area (Å²) in [7, 11) is 0. The highest BCUT2D eigenvalue weighted by molar-refractivity contribution is 5.92. The van der Waals surface area contributed by atoms with Gasteiger partial charge in [-0.1, -0.05) is 58.3 Å². The Morgan fingerprint density at radius 1 is 0.622 bits per heavy atom. The van der Waals surface area contributed by atoms with E-state index in [0.29, 0.717) is 38.8 Å². The van der Waals surface area contributed by atoms with Crippen molar-refractivity contribution in [2.45, 2.75) is 122 Å². The highest BCUT2D eigenvalue weighted by atomic mass is 16.4. The third-order valence-electron chi connectivity index (χ3n) is 6.10. The highest BCUT2D eigenvalue weighted by Crippen LogP contribution is 2.18. The molecule has 0 rings (SSSR count). The molecule has 10 heteroatoms. The second-order valence-electron chi connectivity index (χ2n) is 9.80. The second-order valence-corrected chi connectivity index (χ2v) is 9.80. The van der Waals surface area contributed by atoms with E-state index in [1.807, 2.05) is 0 Å². The van der Waals surface area contributed by atoms with E-state index in [9.17, 15) is 34.2 Å². The van der Waals surface area contributed by atoms with Gasteiger partial charge in [-0.05, 0) is 25.7 Å². The number of hydrogen-bond acceptors (Lipinski definition) is 6. The Hall–Kier alpha value is -2.49. The number of aliphatic hydroxyl groups is 1. The molecule has 1 unspecified atom stereocenters. The van der Waals surface area contributed by atoms with Crippen LogP contribution in [0.1, 0.15) is 117 Å². The number of amides is 3. The number of carbonyl (C=O) groups is 5. The Morgan fingerprint density at radius 3 is 1.70 bits per heavy atom. The molecule has 0 aliphatic heterocycles. The smallest absolute Gasteiger partial charge is 0.336 e. The third kappa shape index (κ3) is 20.3. The first kappa shape index (κ1) is 34.5. The summed E-state index contributed by atoms with van der Waals surface area (Å²) in [5.74, 6) is -2.96. The molecular formula is C27H49N3O7. The van der Waals surface area contributed by atoms with E-state index in [-0.39, 0.29) is 24.8 Å². The molecule has 0 fully saturated rings. The largest absolute Gasteiger partial charge is 0.479 e. The fraction of sp³-hybridized carbons (Fsp3) is 0.815. The average Bonchev–Trinajstić information content (AvgIpc) is 2.82. The predicted octanol–water partition coefficient (Wildman–Crippen LogP) is 3.00. The van der Waals surface area contributed by atoms with Gasteiger partial charge in [0.2, 0.25) is 17.7 Å². The van der Waals surface area contributed by atoms with Crippen molar-refractivity contribution in [1.29, 1.82) is 0 Å². The van der Waals surface area contributed by atoms with Crippen molar-refractivity contribution in [3.05, 3.63) is 0 Å². The lowest BCUT2D eigenvalue weighted by molar-refractivity contribution is -0.164. The zero-order valence-electron chi connectivity index (χ0n) is 22.9. The molecule has 0 spiro atoms. The molecule has 0 radical (unpaired) electrons. The molecule has 214 valence electrons. The minimum absolute atomic E-state index is 0.0230. The monoisotopic (exact) mass is 527 g/mol. The SMILES string of the molecule is CCCCCCCCCCCC(=O)NCCCNC(=O)CC(O)(CC(=O)CCCCNC(C)=O)C(=O)O. The van der Waals surface area contributed by atoms with Gasteiger partial charge in [-0.3, -0.25) is 19.2 Å². The molecular weight excluding hydrogens is 478 g/mol. The molecule has 5 N–H and O–H groups in total. The number of carbonyl (C=O) groups excluding carboxylic acids is 4. The van der Waals surface area contributed by atoms with E-state index >= 15 is 0 Å². The van der Waals surface area contributed by atoms with E-state index in [1.54, 1.807) is 0 Å².